The maximum atomic E-state index is 4.36. The second-order valence-electron chi connectivity index (χ2n) is 4.70. The highest BCUT2D eigenvalue weighted by Gasteiger charge is 2.10. The Balaban J connectivity index is 1.68. The summed E-state index contributed by atoms with van der Waals surface area (Å²) in [6.07, 6.45) is 9.70. The maximum Gasteiger partial charge on any atom is 0.107 e. The summed E-state index contributed by atoms with van der Waals surface area (Å²) >= 11 is 0. The van der Waals surface area contributed by atoms with E-state index < -0.39 is 0 Å². The molecule has 1 aliphatic heterocycles. The predicted octanol–water partition coefficient (Wildman–Crippen LogP) is 1.92. The SMILES string of the molecule is c1cc2c(cn1)ncn2CCN1CCCCC1. The van der Waals surface area contributed by atoms with Gasteiger partial charge in [-0.1, -0.05) is 6.42 Å². The fourth-order valence-corrected chi connectivity index (χ4v) is 2.53. The topological polar surface area (TPSA) is 34.0 Å². The van der Waals surface area contributed by atoms with Crippen LogP contribution in [0.4, 0.5) is 0 Å². The van der Waals surface area contributed by atoms with Gasteiger partial charge in [-0.2, -0.15) is 0 Å². The van der Waals surface area contributed by atoms with Crippen molar-refractivity contribution < 1.29 is 0 Å². The smallest absolute Gasteiger partial charge is 0.107 e. The number of fused-ring (bicyclic) bond motifs is 1. The normalized spacial score (nSPS) is 17.6. The van der Waals surface area contributed by atoms with Gasteiger partial charge in [-0.25, -0.2) is 4.98 Å². The molecule has 0 amide bonds. The van der Waals surface area contributed by atoms with E-state index in [9.17, 15) is 0 Å². The molecule has 0 unspecified atom stereocenters. The number of aromatic nitrogens is 3. The van der Waals surface area contributed by atoms with E-state index in [0.717, 1.165) is 18.6 Å². The van der Waals surface area contributed by atoms with Gasteiger partial charge < -0.3 is 9.47 Å². The third kappa shape index (κ3) is 2.31. The van der Waals surface area contributed by atoms with Gasteiger partial charge >= 0.3 is 0 Å². The zero-order chi connectivity index (χ0) is 11.5. The molecule has 0 radical (unpaired) electrons. The highest BCUT2D eigenvalue weighted by molar-refractivity contribution is 5.73. The molecule has 1 fully saturated rings. The van der Waals surface area contributed by atoms with Gasteiger partial charge in [-0.3, -0.25) is 4.98 Å². The fraction of sp³-hybridized carbons (Fsp3) is 0.538. The Kier molecular flexibility index (Phi) is 3.05. The molecule has 0 saturated carbocycles. The molecule has 2 aromatic heterocycles. The first-order valence-electron chi connectivity index (χ1n) is 6.41. The van der Waals surface area contributed by atoms with Crippen molar-refractivity contribution in [2.24, 2.45) is 0 Å². The quantitative estimate of drug-likeness (QED) is 0.807. The first kappa shape index (κ1) is 10.7. The zero-order valence-corrected chi connectivity index (χ0v) is 10.0. The van der Waals surface area contributed by atoms with E-state index in [1.807, 2.05) is 24.8 Å². The Morgan fingerprint density at radius 2 is 2.00 bits per heavy atom. The molecule has 0 atom stereocenters. The van der Waals surface area contributed by atoms with E-state index in [1.54, 1.807) is 0 Å². The summed E-state index contributed by atoms with van der Waals surface area (Å²) in [6.45, 7) is 4.68. The fourth-order valence-electron chi connectivity index (χ4n) is 2.53. The van der Waals surface area contributed by atoms with Gasteiger partial charge in [0.15, 0.2) is 0 Å². The molecule has 1 aliphatic rings. The Hall–Kier alpha value is -1.42. The average Bonchev–Trinajstić information content (AvgIpc) is 2.81. The average molecular weight is 230 g/mol. The molecule has 0 aliphatic carbocycles. The summed E-state index contributed by atoms with van der Waals surface area (Å²) in [6, 6.07) is 2.04. The van der Waals surface area contributed by atoms with Crippen LogP contribution in [0.2, 0.25) is 0 Å². The van der Waals surface area contributed by atoms with Gasteiger partial charge in [0.1, 0.15) is 5.52 Å². The molecule has 0 bridgehead atoms. The van der Waals surface area contributed by atoms with Crippen LogP contribution in [0.3, 0.4) is 0 Å². The molecular weight excluding hydrogens is 212 g/mol. The second kappa shape index (κ2) is 4.84. The molecule has 3 rings (SSSR count). The predicted molar refractivity (Wildman–Crippen MR) is 67.8 cm³/mol. The van der Waals surface area contributed by atoms with Crippen LogP contribution in [0.25, 0.3) is 11.0 Å². The van der Waals surface area contributed by atoms with Crippen LogP contribution >= 0.6 is 0 Å². The monoisotopic (exact) mass is 230 g/mol. The van der Waals surface area contributed by atoms with Crippen LogP contribution in [0.1, 0.15) is 19.3 Å². The summed E-state index contributed by atoms with van der Waals surface area (Å²) in [5.41, 5.74) is 2.18. The number of rotatable bonds is 3. The third-order valence-electron chi connectivity index (χ3n) is 3.53. The first-order valence-corrected chi connectivity index (χ1v) is 6.41. The van der Waals surface area contributed by atoms with Crippen molar-refractivity contribution in [1.29, 1.82) is 0 Å². The number of piperidine rings is 1. The Morgan fingerprint density at radius 1 is 1.12 bits per heavy atom. The van der Waals surface area contributed by atoms with Crippen LogP contribution in [-0.4, -0.2) is 39.1 Å². The molecule has 2 aromatic rings. The van der Waals surface area contributed by atoms with Gasteiger partial charge in [0.05, 0.1) is 18.0 Å². The standard InChI is InChI=1S/C13H18N4/c1-2-6-16(7-3-1)8-9-17-11-15-12-10-14-5-4-13(12)17/h4-5,10-11H,1-3,6-9H2. The van der Waals surface area contributed by atoms with E-state index in [2.05, 4.69) is 19.4 Å². The molecule has 3 heterocycles. The van der Waals surface area contributed by atoms with Crippen molar-refractivity contribution in [3.05, 3.63) is 24.8 Å². The van der Waals surface area contributed by atoms with Crippen LogP contribution < -0.4 is 0 Å². The third-order valence-corrected chi connectivity index (χ3v) is 3.53. The van der Waals surface area contributed by atoms with Crippen molar-refractivity contribution in [1.82, 2.24) is 19.4 Å². The lowest BCUT2D eigenvalue weighted by Crippen LogP contribution is -2.32. The summed E-state index contributed by atoms with van der Waals surface area (Å²) in [5.74, 6) is 0. The van der Waals surface area contributed by atoms with E-state index in [1.165, 1.54) is 37.9 Å². The lowest BCUT2D eigenvalue weighted by Gasteiger charge is -2.26. The van der Waals surface area contributed by atoms with E-state index in [-0.39, 0.29) is 0 Å². The van der Waals surface area contributed by atoms with Gasteiger partial charge in [-0.05, 0) is 32.0 Å². The Labute approximate surface area is 101 Å². The van der Waals surface area contributed by atoms with Crippen LogP contribution in [0.5, 0.6) is 0 Å². The van der Waals surface area contributed by atoms with Crippen molar-refractivity contribution in [2.75, 3.05) is 19.6 Å². The molecule has 17 heavy (non-hydrogen) atoms. The Morgan fingerprint density at radius 3 is 2.88 bits per heavy atom. The molecule has 90 valence electrons. The van der Waals surface area contributed by atoms with E-state index in [0.29, 0.717) is 0 Å². The van der Waals surface area contributed by atoms with E-state index in [4.69, 9.17) is 0 Å². The lowest BCUT2D eigenvalue weighted by atomic mass is 10.1. The largest absolute Gasteiger partial charge is 0.329 e. The minimum Gasteiger partial charge on any atom is -0.329 e. The molecule has 4 heteroatoms. The number of imidazole rings is 1. The van der Waals surface area contributed by atoms with Crippen LogP contribution in [-0.2, 0) is 6.54 Å². The highest BCUT2D eigenvalue weighted by Crippen LogP contribution is 2.12. The number of pyridine rings is 1. The minimum absolute atomic E-state index is 0.992. The number of likely N-dealkylation sites (tertiary alicyclic amines) is 1. The summed E-state index contributed by atoms with van der Waals surface area (Å²) in [5, 5.41) is 0. The molecule has 0 spiro atoms. The molecule has 0 aromatic carbocycles. The van der Waals surface area contributed by atoms with Gasteiger partial charge in [0, 0.05) is 19.3 Å². The molecule has 4 nitrogen and oxygen atoms in total. The van der Waals surface area contributed by atoms with Crippen molar-refractivity contribution in [3.8, 4) is 0 Å². The van der Waals surface area contributed by atoms with Crippen molar-refractivity contribution in [2.45, 2.75) is 25.8 Å². The summed E-state index contributed by atoms with van der Waals surface area (Å²) in [4.78, 5) is 11.0. The minimum atomic E-state index is 0.992. The maximum absolute atomic E-state index is 4.36. The molecular formula is C13H18N4. The summed E-state index contributed by atoms with van der Waals surface area (Å²) in [7, 11) is 0. The number of nitrogens with zero attached hydrogens (tertiary/aromatic N) is 4. The van der Waals surface area contributed by atoms with Gasteiger partial charge in [-0.15, -0.1) is 0 Å². The first-order chi connectivity index (χ1) is 8.43. The van der Waals surface area contributed by atoms with Crippen LogP contribution in [0.15, 0.2) is 24.8 Å². The lowest BCUT2D eigenvalue weighted by molar-refractivity contribution is 0.221. The Bertz CT molecular complexity index is 485. The summed E-state index contributed by atoms with van der Waals surface area (Å²) < 4.78 is 2.23. The number of hydrogen-bond donors (Lipinski definition) is 0. The molecule has 0 N–H and O–H groups in total. The van der Waals surface area contributed by atoms with E-state index >= 15 is 0 Å². The van der Waals surface area contributed by atoms with Gasteiger partial charge in [0.25, 0.3) is 0 Å². The van der Waals surface area contributed by atoms with Gasteiger partial charge in [0.2, 0.25) is 0 Å². The molecule has 1 saturated heterocycles. The van der Waals surface area contributed by atoms with Crippen molar-refractivity contribution in [3.63, 3.8) is 0 Å². The van der Waals surface area contributed by atoms with Crippen LogP contribution in [0, 0.1) is 0 Å². The highest BCUT2D eigenvalue weighted by atomic mass is 15.2. The number of hydrogen-bond acceptors (Lipinski definition) is 3. The van der Waals surface area contributed by atoms with Crippen molar-refractivity contribution >= 4 is 11.0 Å². The second-order valence-corrected chi connectivity index (χ2v) is 4.70. The zero-order valence-electron chi connectivity index (χ0n) is 10.0.